The van der Waals surface area contributed by atoms with Crippen LogP contribution in [0.1, 0.15) is 10.9 Å². The van der Waals surface area contributed by atoms with Crippen LogP contribution in [0.25, 0.3) is 11.1 Å². The van der Waals surface area contributed by atoms with Gasteiger partial charge in [-0.05, 0) is 34.7 Å². The van der Waals surface area contributed by atoms with E-state index in [0.29, 0.717) is 12.3 Å². The fraction of sp³-hybridized carbons (Fsp3) is 0.227. The maximum Gasteiger partial charge on any atom is 0.258 e. The molecule has 4 nitrogen and oxygen atoms in total. The first-order valence-corrected chi connectivity index (χ1v) is 9.90. The summed E-state index contributed by atoms with van der Waals surface area (Å²) in [7, 11) is 4.20. The summed E-state index contributed by atoms with van der Waals surface area (Å²) in [5, 5.41) is 5.05. The van der Waals surface area contributed by atoms with E-state index in [2.05, 4.69) is 43.0 Å². The molecule has 3 rings (SSSR count). The molecule has 0 aliphatic carbocycles. The highest BCUT2D eigenvalue weighted by Gasteiger charge is 2.19. The van der Waals surface area contributed by atoms with Gasteiger partial charge in [0.15, 0.2) is 6.61 Å². The van der Waals surface area contributed by atoms with Crippen molar-refractivity contribution in [1.82, 2.24) is 5.32 Å². The molecule has 27 heavy (non-hydrogen) atoms. The molecule has 0 saturated heterocycles. The highest BCUT2D eigenvalue weighted by molar-refractivity contribution is 7.10. The van der Waals surface area contributed by atoms with Gasteiger partial charge >= 0.3 is 0 Å². The molecule has 2 aromatic carbocycles. The molecule has 2 N–H and O–H groups in total. The minimum Gasteiger partial charge on any atom is -0.484 e. The van der Waals surface area contributed by atoms with E-state index in [1.54, 1.807) is 11.3 Å². The van der Waals surface area contributed by atoms with Crippen molar-refractivity contribution in [3.63, 3.8) is 0 Å². The van der Waals surface area contributed by atoms with E-state index in [1.165, 1.54) is 9.78 Å². The second kappa shape index (κ2) is 9.35. The van der Waals surface area contributed by atoms with Crippen LogP contribution in [0.3, 0.4) is 0 Å². The number of thiophene rings is 1. The van der Waals surface area contributed by atoms with Crippen molar-refractivity contribution >= 4 is 17.2 Å². The van der Waals surface area contributed by atoms with Gasteiger partial charge in [0.05, 0.1) is 25.5 Å². The number of amides is 1. The Bertz CT molecular complexity index is 831. The van der Waals surface area contributed by atoms with Gasteiger partial charge in [-0.15, -0.1) is 11.3 Å². The molecule has 0 saturated carbocycles. The van der Waals surface area contributed by atoms with Crippen LogP contribution >= 0.6 is 11.3 Å². The number of rotatable bonds is 8. The first-order valence-electron chi connectivity index (χ1n) is 9.02. The number of carbonyl (C=O) groups is 1. The zero-order chi connectivity index (χ0) is 19.1. The number of carbonyl (C=O) groups excluding carboxylic acids is 1. The lowest BCUT2D eigenvalue weighted by Crippen LogP contribution is -3.06. The first kappa shape index (κ1) is 19.1. The van der Waals surface area contributed by atoms with Gasteiger partial charge in [-0.25, -0.2) is 0 Å². The molecule has 1 aromatic heterocycles. The third-order valence-electron chi connectivity index (χ3n) is 4.42. The molecule has 5 heteroatoms. The molecule has 140 valence electrons. The van der Waals surface area contributed by atoms with Gasteiger partial charge in [0.1, 0.15) is 11.8 Å². The normalized spacial score (nSPS) is 12.0. The van der Waals surface area contributed by atoms with Gasteiger partial charge in [0.2, 0.25) is 0 Å². The SMILES string of the molecule is C[NH+](C)[C@@H](CNC(=O)COc1ccc(-c2ccccc2)cc1)c1cccs1. The number of benzene rings is 2. The molecule has 1 amide bonds. The van der Waals surface area contributed by atoms with Crippen LogP contribution in [0.2, 0.25) is 0 Å². The van der Waals surface area contributed by atoms with E-state index in [1.807, 2.05) is 48.5 Å². The molecule has 0 spiro atoms. The van der Waals surface area contributed by atoms with E-state index in [4.69, 9.17) is 4.74 Å². The largest absolute Gasteiger partial charge is 0.484 e. The van der Waals surface area contributed by atoms with Crippen molar-refractivity contribution in [2.75, 3.05) is 27.2 Å². The molecule has 1 atom stereocenters. The van der Waals surface area contributed by atoms with E-state index < -0.39 is 0 Å². The highest BCUT2D eigenvalue weighted by Crippen LogP contribution is 2.22. The van der Waals surface area contributed by atoms with Crippen molar-refractivity contribution in [2.24, 2.45) is 0 Å². The van der Waals surface area contributed by atoms with E-state index in [0.717, 1.165) is 11.1 Å². The van der Waals surface area contributed by atoms with Crippen molar-refractivity contribution in [2.45, 2.75) is 6.04 Å². The summed E-state index contributed by atoms with van der Waals surface area (Å²) in [6.45, 7) is 0.614. The minimum atomic E-state index is -0.107. The lowest BCUT2D eigenvalue weighted by Gasteiger charge is -2.20. The van der Waals surface area contributed by atoms with Crippen molar-refractivity contribution in [1.29, 1.82) is 0 Å². The average Bonchev–Trinajstić information content (AvgIpc) is 3.22. The Morgan fingerprint density at radius 2 is 1.70 bits per heavy atom. The topological polar surface area (TPSA) is 42.8 Å². The quantitative estimate of drug-likeness (QED) is 0.630. The fourth-order valence-electron chi connectivity index (χ4n) is 2.87. The molecule has 0 aliphatic heterocycles. The summed E-state index contributed by atoms with van der Waals surface area (Å²) in [5.41, 5.74) is 2.28. The van der Waals surface area contributed by atoms with Crippen LogP contribution in [0.15, 0.2) is 72.1 Å². The minimum absolute atomic E-state index is 0.0185. The second-order valence-electron chi connectivity index (χ2n) is 6.63. The van der Waals surface area contributed by atoms with E-state index >= 15 is 0 Å². The van der Waals surface area contributed by atoms with Crippen LogP contribution in [-0.4, -0.2) is 33.2 Å². The number of hydrogen-bond acceptors (Lipinski definition) is 3. The predicted molar refractivity (Wildman–Crippen MR) is 110 cm³/mol. The summed E-state index contributed by atoms with van der Waals surface area (Å²) in [5.74, 6) is 0.586. The maximum absolute atomic E-state index is 12.2. The van der Waals surface area contributed by atoms with Gasteiger partial charge in [-0.2, -0.15) is 0 Å². The lowest BCUT2D eigenvalue weighted by molar-refractivity contribution is -0.890. The molecule has 0 fully saturated rings. The van der Waals surface area contributed by atoms with Gasteiger partial charge < -0.3 is 15.0 Å². The molecule has 0 unspecified atom stereocenters. The smallest absolute Gasteiger partial charge is 0.258 e. The molecule has 0 bridgehead atoms. The first-order chi connectivity index (χ1) is 13.1. The van der Waals surface area contributed by atoms with E-state index in [-0.39, 0.29) is 18.6 Å². The standard InChI is InChI=1S/C22H24N2O2S/c1-24(2)20(21-9-6-14-27-21)15-23-22(25)16-26-19-12-10-18(11-13-19)17-7-4-3-5-8-17/h3-14,20H,15-16H2,1-2H3,(H,23,25)/p+1/t20-/m0/s1. The average molecular weight is 382 g/mol. The van der Waals surface area contributed by atoms with Crippen LogP contribution in [0, 0.1) is 0 Å². The Hall–Kier alpha value is -2.63. The zero-order valence-corrected chi connectivity index (χ0v) is 16.5. The number of likely N-dealkylation sites (N-methyl/N-ethyl adjacent to an activating group) is 1. The maximum atomic E-state index is 12.2. The number of quaternary nitrogens is 1. The van der Waals surface area contributed by atoms with Crippen molar-refractivity contribution in [3.8, 4) is 16.9 Å². The van der Waals surface area contributed by atoms with Gasteiger partial charge in [-0.3, -0.25) is 4.79 Å². The molecule has 0 radical (unpaired) electrons. The number of nitrogens with one attached hydrogen (secondary N) is 2. The summed E-state index contributed by atoms with van der Waals surface area (Å²) in [6, 6.07) is 22.4. The number of hydrogen-bond donors (Lipinski definition) is 2. The van der Waals surface area contributed by atoms with Crippen molar-refractivity contribution < 1.29 is 14.4 Å². The van der Waals surface area contributed by atoms with Crippen LogP contribution < -0.4 is 15.0 Å². The molecular weight excluding hydrogens is 356 g/mol. The molecule has 0 aliphatic rings. The fourth-order valence-corrected chi connectivity index (χ4v) is 3.82. The van der Waals surface area contributed by atoms with Gasteiger partial charge in [-0.1, -0.05) is 48.5 Å². The van der Waals surface area contributed by atoms with Gasteiger partial charge in [0, 0.05) is 0 Å². The predicted octanol–water partition coefficient (Wildman–Crippen LogP) is 2.80. The third kappa shape index (κ3) is 5.42. The Morgan fingerprint density at radius 1 is 1.00 bits per heavy atom. The third-order valence-corrected chi connectivity index (χ3v) is 5.40. The summed E-state index contributed by atoms with van der Waals surface area (Å²) >= 11 is 1.72. The van der Waals surface area contributed by atoms with Crippen LogP contribution in [-0.2, 0) is 4.79 Å². The second-order valence-corrected chi connectivity index (χ2v) is 7.61. The molecule has 3 aromatic rings. The summed E-state index contributed by atoms with van der Waals surface area (Å²) < 4.78 is 5.63. The zero-order valence-electron chi connectivity index (χ0n) is 15.6. The summed E-state index contributed by atoms with van der Waals surface area (Å²) in [6.07, 6.45) is 0. The Morgan fingerprint density at radius 3 is 2.33 bits per heavy atom. The monoisotopic (exact) mass is 381 g/mol. The highest BCUT2D eigenvalue weighted by atomic mass is 32.1. The van der Waals surface area contributed by atoms with E-state index in [9.17, 15) is 4.79 Å². The van der Waals surface area contributed by atoms with Crippen LogP contribution in [0.4, 0.5) is 0 Å². The Labute approximate surface area is 164 Å². The molecule has 1 heterocycles. The van der Waals surface area contributed by atoms with Crippen LogP contribution in [0.5, 0.6) is 5.75 Å². The Balaban J connectivity index is 1.49. The Kier molecular flexibility index (Phi) is 6.63. The number of ether oxygens (including phenoxy) is 1. The summed E-state index contributed by atoms with van der Waals surface area (Å²) in [4.78, 5) is 14.7. The lowest BCUT2D eigenvalue weighted by atomic mass is 10.1. The molecular formula is C22H25N2O2S+. The van der Waals surface area contributed by atoms with Gasteiger partial charge in [0.25, 0.3) is 5.91 Å². The van der Waals surface area contributed by atoms with Crippen molar-refractivity contribution in [3.05, 3.63) is 77.0 Å².